The molecule has 0 radical (unpaired) electrons. The number of nitrogens with zero attached hydrogens (tertiary/aromatic N) is 1. The third-order valence-electron chi connectivity index (χ3n) is 6.69. The number of carbonyl (C=O) groups is 3. The van der Waals surface area contributed by atoms with Crippen LogP contribution in [0.2, 0.25) is 5.02 Å². The molecule has 224 valence electrons. The number of carbonyl (C=O) groups excluding carboxylic acids is 3. The van der Waals surface area contributed by atoms with Crippen LogP contribution in [0.3, 0.4) is 0 Å². The Hall–Kier alpha value is -5.18. The highest BCUT2D eigenvalue weighted by Crippen LogP contribution is 2.37. The molecule has 3 amide bonds. The van der Waals surface area contributed by atoms with E-state index in [4.69, 9.17) is 11.6 Å². The molecule has 0 saturated heterocycles. The number of hydrogen-bond acceptors (Lipinski definition) is 5. The Morgan fingerprint density at radius 1 is 0.822 bits per heavy atom. The molecule has 5 aromatic rings. The summed E-state index contributed by atoms with van der Waals surface area (Å²) in [6, 6.07) is 34.3. The van der Waals surface area contributed by atoms with Crippen LogP contribution in [0.25, 0.3) is 6.08 Å². The Kier molecular flexibility index (Phi) is 10.4. The van der Waals surface area contributed by atoms with Gasteiger partial charge in [0, 0.05) is 39.3 Å². The number of anilines is 2. The van der Waals surface area contributed by atoms with Gasteiger partial charge in [0.25, 0.3) is 11.8 Å². The summed E-state index contributed by atoms with van der Waals surface area (Å²) < 4.78 is 0. The number of hydrogen-bond donors (Lipinski definition) is 3. The molecule has 1 aromatic heterocycles. The third-order valence-corrected chi connectivity index (χ3v) is 8.19. The minimum Gasteiger partial charge on any atom is -0.325 e. The monoisotopic (exact) mass is 632 g/mol. The lowest BCUT2D eigenvalue weighted by atomic mass is 10.1. The topological polar surface area (TPSA) is 100 Å². The summed E-state index contributed by atoms with van der Waals surface area (Å²) in [6.07, 6.45) is 4.79. The van der Waals surface area contributed by atoms with E-state index in [9.17, 15) is 14.4 Å². The lowest BCUT2D eigenvalue weighted by molar-refractivity contribution is -0.116. The summed E-state index contributed by atoms with van der Waals surface area (Å²) in [5.74, 6) is -1.10. The highest BCUT2D eigenvalue weighted by Gasteiger charge is 2.23. The van der Waals surface area contributed by atoms with Gasteiger partial charge in [0.1, 0.15) is 10.9 Å². The number of halogens is 1. The van der Waals surface area contributed by atoms with Gasteiger partial charge in [0.15, 0.2) is 0 Å². The average molecular weight is 633 g/mol. The number of aryl methyl sites for hydroxylation is 1. The molecule has 0 spiro atoms. The first kappa shape index (κ1) is 31.3. The predicted molar refractivity (Wildman–Crippen MR) is 181 cm³/mol. The number of amides is 3. The van der Waals surface area contributed by atoms with E-state index >= 15 is 0 Å². The predicted octanol–water partition coefficient (Wildman–Crippen LogP) is 7.93. The molecule has 4 aromatic carbocycles. The van der Waals surface area contributed by atoms with E-state index in [1.165, 1.54) is 11.8 Å². The van der Waals surface area contributed by atoms with Crippen LogP contribution in [0.4, 0.5) is 11.4 Å². The van der Waals surface area contributed by atoms with E-state index < -0.39 is 17.1 Å². The Balaban J connectivity index is 1.32. The van der Waals surface area contributed by atoms with Crippen LogP contribution in [0, 0.1) is 6.92 Å². The van der Waals surface area contributed by atoms with E-state index in [-0.39, 0.29) is 11.6 Å². The van der Waals surface area contributed by atoms with Gasteiger partial charge >= 0.3 is 0 Å². The Labute approximate surface area is 270 Å². The van der Waals surface area contributed by atoms with Gasteiger partial charge < -0.3 is 16.0 Å². The first-order valence-corrected chi connectivity index (χ1v) is 15.3. The minimum atomic E-state index is -0.549. The first-order chi connectivity index (χ1) is 21.9. The van der Waals surface area contributed by atoms with Gasteiger partial charge in [-0.2, -0.15) is 0 Å². The first-order valence-electron chi connectivity index (χ1n) is 14.0. The van der Waals surface area contributed by atoms with Gasteiger partial charge in [-0.1, -0.05) is 72.3 Å². The van der Waals surface area contributed by atoms with Crippen LogP contribution in [0.1, 0.15) is 32.3 Å². The van der Waals surface area contributed by atoms with Gasteiger partial charge in [-0.15, -0.1) is 11.8 Å². The molecule has 1 unspecified atom stereocenters. The molecule has 5 rings (SSSR count). The summed E-state index contributed by atoms with van der Waals surface area (Å²) in [5, 5.41) is 8.59. The normalized spacial score (nSPS) is 11.7. The second-order valence-corrected chi connectivity index (χ2v) is 11.6. The van der Waals surface area contributed by atoms with Crippen molar-refractivity contribution in [2.45, 2.75) is 17.1 Å². The van der Waals surface area contributed by atoms with Crippen molar-refractivity contribution in [3.8, 4) is 0 Å². The molecule has 0 fully saturated rings. The maximum atomic E-state index is 13.5. The van der Waals surface area contributed by atoms with Crippen LogP contribution in [-0.4, -0.2) is 22.7 Å². The highest BCUT2D eigenvalue weighted by molar-refractivity contribution is 8.00. The Bertz CT molecular complexity index is 1820. The summed E-state index contributed by atoms with van der Waals surface area (Å²) in [6.45, 7) is 1.91. The molecule has 45 heavy (non-hydrogen) atoms. The lowest BCUT2D eigenvalue weighted by Crippen LogP contribution is -2.30. The van der Waals surface area contributed by atoms with Gasteiger partial charge in [0.05, 0.1) is 0 Å². The van der Waals surface area contributed by atoms with Crippen LogP contribution in [0.15, 0.2) is 138 Å². The Morgan fingerprint density at radius 2 is 1.53 bits per heavy atom. The average Bonchev–Trinajstić information content (AvgIpc) is 3.07. The van der Waals surface area contributed by atoms with Crippen molar-refractivity contribution in [3.05, 3.63) is 161 Å². The highest BCUT2D eigenvalue weighted by atomic mass is 35.5. The van der Waals surface area contributed by atoms with Gasteiger partial charge in [-0.3, -0.25) is 19.4 Å². The molecule has 1 heterocycles. The van der Waals surface area contributed by atoms with Crippen molar-refractivity contribution in [2.24, 2.45) is 0 Å². The zero-order valence-corrected chi connectivity index (χ0v) is 25.8. The van der Waals surface area contributed by atoms with Crippen LogP contribution in [0.5, 0.6) is 0 Å². The molecule has 1 atom stereocenters. The number of rotatable bonds is 10. The molecule has 0 saturated carbocycles. The summed E-state index contributed by atoms with van der Waals surface area (Å²) in [7, 11) is 0. The quantitative estimate of drug-likeness (QED) is 0.107. The van der Waals surface area contributed by atoms with E-state index in [2.05, 4.69) is 20.9 Å². The van der Waals surface area contributed by atoms with Gasteiger partial charge in [-0.25, -0.2) is 0 Å². The number of nitrogens with one attached hydrogen (secondary N) is 3. The number of pyridine rings is 1. The molecular weight excluding hydrogens is 604 g/mol. The zero-order chi connectivity index (χ0) is 31.6. The third kappa shape index (κ3) is 8.69. The van der Waals surface area contributed by atoms with Crippen LogP contribution >= 0.6 is 23.4 Å². The number of benzene rings is 4. The van der Waals surface area contributed by atoms with Gasteiger partial charge in [0.2, 0.25) is 5.91 Å². The van der Waals surface area contributed by atoms with Crippen LogP contribution < -0.4 is 16.0 Å². The fraction of sp³-hybridized carbons (Fsp3) is 0.0556. The van der Waals surface area contributed by atoms with E-state index in [0.29, 0.717) is 27.5 Å². The maximum Gasteiger partial charge on any atom is 0.272 e. The molecule has 3 N–H and O–H groups in total. The number of aromatic nitrogens is 1. The van der Waals surface area contributed by atoms with E-state index in [0.717, 1.165) is 16.0 Å². The van der Waals surface area contributed by atoms with Gasteiger partial charge in [-0.05, 0) is 84.3 Å². The van der Waals surface area contributed by atoms with E-state index in [1.807, 2.05) is 61.5 Å². The standard InChI is InChI=1S/C36H29ClN4O3S/c1-24-14-15-28(37)22-31(24)40-36(44)33(26-10-4-2-5-11-26)45-30-18-16-29(17-19-30)39-35(43)32(21-25-9-8-20-38-23-25)41-34(42)27-12-6-3-7-13-27/h2-23,33H,1H3,(H,39,43)(H,40,44)(H,41,42)/b32-21-. The van der Waals surface area contributed by atoms with Crippen LogP contribution in [-0.2, 0) is 9.59 Å². The largest absolute Gasteiger partial charge is 0.325 e. The fourth-order valence-electron chi connectivity index (χ4n) is 4.35. The molecule has 0 aliphatic heterocycles. The van der Waals surface area contributed by atoms with E-state index in [1.54, 1.807) is 79.1 Å². The lowest BCUT2D eigenvalue weighted by Gasteiger charge is -2.18. The van der Waals surface area contributed by atoms with Crippen molar-refractivity contribution >= 4 is 58.5 Å². The summed E-state index contributed by atoms with van der Waals surface area (Å²) >= 11 is 7.56. The van der Waals surface area contributed by atoms with Crippen molar-refractivity contribution < 1.29 is 14.4 Å². The molecule has 0 aliphatic rings. The molecule has 0 bridgehead atoms. The second-order valence-electron chi connectivity index (χ2n) is 10.0. The summed E-state index contributed by atoms with van der Waals surface area (Å²) in [4.78, 5) is 44.7. The molecule has 7 nitrogen and oxygen atoms in total. The molecular formula is C36H29ClN4O3S. The maximum absolute atomic E-state index is 13.5. The van der Waals surface area contributed by atoms with Crippen molar-refractivity contribution in [3.63, 3.8) is 0 Å². The smallest absolute Gasteiger partial charge is 0.272 e. The Morgan fingerprint density at radius 3 is 2.22 bits per heavy atom. The summed E-state index contributed by atoms with van der Waals surface area (Å²) in [5.41, 5.74) is 4.06. The number of thioether (sulfide) groups is 1. The SMILES string of the molecule is Cc1ccc(Cl)cc1NC(=O)C(Sc1ccc(NC(=O)/C(=C/c2cccnc2)NC(=O)c2ccccc2)cc1)c1ccccc1. The molecule has 0 aliphatic carbocycles. The minimum absolute atomic E-state index is 0.0624. The molecule has 9 heteroatoms. The zero-order valence-electron chi connectivity index (χ0n) is 24.2. The van der Waals surface area contributed by atoms with Crippen molar-refractivity contribution in [2.75, 3.05) is 10.6 Å². The van der Waals surface area contributed by atoms with Crippen molar-refractivity contribution in [1.82, 2.24) is 10.3 Å². The fourth-order valence-corrected chi connectivity index (χ4v) is 5.55. The second kappa shape index (κ2) is 15.0. The van der Waals surface area contributed by atoms with Crippen molar-refractivity contribution in [1.29, 1.82) is 0 Å².